The van der Waals surface area contributed by atoms with Crippen molar-refractivity contribution in [3.63, 3.8) is 0 Å². The van der Waals surface area contributed by atoms with Gasteiger partial charge >= 0.3 is 6.03 Å². The number of morpholine rings is 1. The summed E-state index contributed by atoms with van der Waals surface area (Å²) in [6.07, 6.45) is 5.58. The van der Waals surface area contributed by atoms with E-state index in [4.69, 9.17) is 4.74 Å². The first-order valence-corrected chi connectivity index (χ1v) is 12.6. The van der Waals surface area contributed by atoms with Gasteiger partial charge in [0.2, 0.25) is 5.91 Å². The van der Waals surface area contributed by atoms with Crippen LogP contribution in [0, 0.1) is 0 Å². The number of hydrogen-bond donors (Lipinski definition) is 2. The van der Waals surface area contributed by atoms with E-state index in [0.29, 0.717) is 25.3 Å². The lowest BCUT2D eigenvalue weighted by molar-refractivity contribution is -0.135. The Bertz CT molecular complexity index is 1120. The van der Waals surface area contributed by atoms with Crippen LogP contribution in [-0.4, -0.2) is 72.6 Å². The highest BCUT2D eigenvalue weighted by Gasteiger charge is 2.49. The maximum absolute atomic E-state index is 13.4. The van der Waals surface area contributed by atoms with Crippen LogP contribution in [0.3, 0.4) is 0 Å². The lowest BCUT2D eigenvalue weighted by Crippen LogP contribution is -2.60. The van der Waals surface area contributed by atoms with Crippen LogP contribution in [-0.2, 0) is 19.9 Å². The molecule has 8 nitrogen and oxygen atoms in total. The van der Waals surface area contributed by atoms with Gasteiger partial charge in [-0.05, 0) is 42.2 Å². The number of fused-ring (bicyclic) bond motifs is 1. The fraction of sp³-hybridized carbons (Fsp3) is 0.519. The van der Waals surface area contributed by atoms with Crippen LogP contribution >= 0.6 is 0 Å². The van der Waals surface area contributed by atoms with Crippen molar-refractivity contribution in [2.45, 2.75) is 50.1 Å². The Kier molecular flexibility index (Phi) is 6.51. The van der Waals surface area contributed by atoms with Crippen LogP contribution in [0.1, 0.15) is 44.6 Å². The molecule has 1 atom stereocenters. The number of ether oxygens (including phenoxy) is 1. The second kappa shape index (κ2) is 9.59. The summed E-state index contributed by atoms with van der Waals surface area (Å²) in [7, 11) is 0. The molecular weight excluding hydrogens is 444 g/mol. The molecule has 2 aromatic carbocycles. The third-order valence-corrected chi connectivity index (χ3v) is 7.98. The van der Waals surface area contributed by atoms with Gasteiger partial charge in [-0.3, -0.25) is 19.4 Å². The lowest BCUT2D eigenvalue weighted by atomic mass is 9.79. The summed E-state index contributed by atoms with van der Waals surface area (Å²) in [6.45, 7) is 5.10. The number of benzene rings is 2. The molecule has 1 aliphatic carbocycles. The number of carbonyl (C=O) groups is 3. The third-order valence-electron chi connectivity index (χ3n) is 7.98. The average Bonchev–Trinajstić information content (AvgIpc) is 3.12. The molecule has 2 aromatic rings. The van der Waals surface area contributed by atoms with Crippen molar-refractivity contribution in [3.8, 4) is 0 Å². The summed E-state index contributed by atoms with van der Waals surface area (Å²) >= 11 is 0. The van der Waals surface area contributed by atoms with Crippen LogP contribution in [0.4, 0.5) is 4.79 Å². The Morgan fingerprint density at radius 1 is 1.03 bits per heavy atom. The zero-order chi connectivity index (χ0) is 24.5. The maximum Gasteiger partial charge on any atom is 0.325 e. The van der Waals surface area contributed by atoms with E-state index < -0.39 is 17.5 Å². The van der Waals surface area contributed by atoms with E-state index in [1.165, 1.54) is 6.42 Å². The SMILES string of the molecule is C[C@]1(c2ccc3ccccc3c2)NC(=O)N(CC(=O)NCC2(N3CCOCC3)CCCCC2)C1=O. The predicted octanol–water partition coefficient (Wildman–Crippen LogP) is 2.76. The standard InChI is InChI=1S/C27H34N4O4/c1-26(22-10-9-20-7-3-4-8-21(20)17-22)24(33)31(25(34)29-26)18-23(32)28-19-27(11-5-2-6-12-27)30-13-15-35-16-14-30/h3-4,7-10,17H,2,5-6,11-16,18-19H2,1H3,(H,28,32)(H,29,34)/t26-/m1/s1. The van der Waals surface area contributed by atoms with Crippen LogP contribution < -0.4 is 10.6 Å². The van der Waals surface area contributed by atoms with Gasteiger partial charge in [-0.15, -0.1) is 0 Å². The van der Waals surface area contributed by atoms with E-state index in [9.17, 15) is 14.4 Å². The van der Waals surface area contributed by atoms with Gasteiger partial charge in [-0.1, -0.05) is 55.7 Å². The van der Waals surface area contributed by atoms with E-state index in [1.807, 2.05) is 42.5 Å². The van der Waals surface area contributed by atoms with Crippen molar-refractivity contribution in [2.75, 3.05) is 39.4 Å². The number of amides is 4. The van der Waals surface area contributed by atoms with Gasteiger partial charge < -0.3 is 15.4 Å². The lowest BCUT2D eigenvalue weighted by Gasteiger charge is -2.48. The van der Waals surface area contributed by atoms with Gasteiger partial charge in [-0.2, -0.15) is 0 Å². The minimum absolute atomic E-state index is 0.0748. The van der Waals surface area contributed by atoms with E-state index in [2.05, 4.69) is 15.5 Å². The summed E-state index contributed by atoms with van der Waals surface area (Å²) in [4.78, 5) is 42.6. The van der Waals surface area contributed by atoms with Crippen molar-refractivity contribution >= 4 is 28.6 Å². The van der Waals surface area contributed by atoms with E-state index >= 15 is 0 Å². The van der Waals surface area contributed by atoms with Crippen LogP contribution in [0.15, 0.2) is 42.5 Å². The van der Waals surface area contributed by atoms with E-state index in [0.717, 1.165) is 54.4 Å². The van der Waals surface area contributed by atoms with E-state index in [-0.39, 0.29) is 18.0 Å². The molecule has 35 heavy (non-hydrogen) atoms. The summed E-state index contributed by atoms with van der Waals surface area (Å²) in [5, 5.41) is 7.92. The number of urea groups is 1. The molecular formula is C27H34N4O4. The first-order valence-electron chi connectivity index (χ1n) is 12.6. The molecule has 5 rings (SSSR count). The zero-order valence-electron chi connectivity index (χ0n) is 20.3. The highest BCUT2D eigenvalue weighted by molar-refractivity contribution is 6.09. The van der Waals surface area contributed by atoms with Gasteiger partial charge in [0.25, 0.3) is 5.91 Å². The Labute approximate surface area is 206 Å². The molecule has 2 saturated heterocycles. The number of carbonyl (C=O) groups excluding carboxylic acids is 3. The average molecular weight is 479 g/mol. The second-order valence-corrected chi connectivity index (χ2v) is 10.2. The minimum Gasteiger partial charge on any atom is -0.379 e. The normalized spacial score (nSPS) is 25.0. The van der Waals surface area contributed by atoms with Crippen molar-refractivity contribution < 1.29 is 19.1 Å². The first-order chi connectivity index (χ1) is 16.9. The topological polar surface area (TPSA) is 91.0 Å². The molecule has 3 fully saturated rings. The smallest absolute Gasteiger partial charge is 0.325 e. The fourth-order valence-electron chi connectivity index (χ4n) is 5.85. The first kappa shape index (κ1) is 23.8. The molecule has 4 amide bonds. The zero-order valence-corrected chi connectivity index (χ0v) is 20.3. The fourth-order valence-corrected chi connectivity index (χ4v) is 5.85. The van der Waals surface area contributed by atoms with Crippen LogP contribution in [0.25, 0.3) is 10.8 Å². The van der Waals surface area contributed by atoms with E-state index in [1.54, 1.807) is 6.92 Å². The van der Waals surface area contributed by atoms with Crippen molar-refractivity contribution in [1.82, 2.24) is 20.4 Å². The minimum atomic E-state index is -1.21. The Morgan fingerprint density at radius 2 is 1.74 bits per heavy atom. The quantitative estimate of drug-likeness (QED) is 0.623. The summed E-state index contributed by atoms with van der Waals surface area (Å²) in [6, 6.07) is 13.1. The monoisotopic (exact) mass is 478 g/mol. The number of hydrogen-bond acceptors (Lipinski definition) is 5. The molecule has 0 radical (unpaired) electrons. The molecule has 2 N–H and O–H groups in total. The van der Waals surface area contributed by atoms with Gasteiger partial charge in [-0.25, -0.2) is 4.79 Å². The van der Waals surface area contributed by atoms with Gasteiger partial charge in [0.15, 0.2) is 0 Å². The molecule has 0 bridgehead atoms. The Morgan fingerprint density at radius 3 is 2.49 bits per heavy atom. The van der Waals surface area contributed by atoms with Crippen molar-refractivity contribution in [2.24, 2.45) is 0 Å². The summed E-state index contributed by atoms with van der Waals surface area (Å²) < 4.78 is 5.54. The van der Waals surface area contributed by atoms with Gasteiger partial charge in [0.1, 0.15) is 12.1 Å². The summed E-state index contributed by atoms with van der Waals surface area (Å²) in [5.41, 5.74) is -0.583. The number of imide groups is 1. The second-order valence-electron chi connectivity index (χ2n) is 10.2. The van der Waals surface area contributed by atoms with Crippen molar-refractivity contribution in [1.29, 1.82) is 0 Å². The van der Waals surface area contributed by atoms with Crippen molar-refractivity contribution in [3.05, 3.63) is 48.0 Å². The molecule has 0 spiro atoms. The number of rotatable bonds is 6. The summed E-state index contributed by atoms with van der Waals surface area (Å²) in [5.74, 6) is -0.719. The van der Waals surface area contributed by atoms with Crippen LogP contribution in [0.5, 0.6) is 0 Å². The maximum atomic E-state index is 13.4. The van der Waals surface area contributed by atoms with Crippen LogP contribution in [0.2, 0.25) is 0 Å². The Hall–Kier alpha value is -2.97. The third kappa shape index (κ3) is 4.52. The molecule has 0 aromatic heterocycles. The molecule has 2 aliphatic heterocycles. The molecule has 8 heteroatoms. The highest BCUT2D eigenvalue weighted by atomic mass is 16.5. The largest absolute Gasteiger partial charge is 0.379 e. The molecule has 2 heterocycles. The number of nitrogens with one attached hydrogen (secondary N) is 2. The molecule has 186 valence electrons. The molecule has 0 unspecified atom stereocenters. The number of nitrogens with zero attached hydrogens (tertiary/aromatic N) is 2. The molecule has 1 saturated carbocycles. The molecule has 3 aliphatic rings. The Balaban J connectivity index is 1.26. The van der Waals surface area contributed by atoms with Gasteiger partial charge in [0, 0.05) is 25.2 Å². The van der Waals surface area contributed by atoms with Gasteiger partial charge in [0.05, 0.1) is 13.2 Å². The predicted molar refractivity (Wildman–Crippen MR) is 133 cm³/mol. The highest BCUT2D eigenvalue weighted by Crippen LogP contribution is 2.34.